The maximum atomic E-state index is 5.47. The fourth-order valence-corrected chi connectivity index (χ4v) is 3.91. The van der Waals surface area contributed by atoms with Gasteiger partial charge in [0, 0.05) is 0 Å². The number of thioether (sulfide) groups is 1. The van der Waals surface area contributed by atoms with Gasteiger partial charge in [-0.25, -0.2) is 0 Å². The van der Waals surface area contributed by atoms with Gasteiger partial charge < -0.3 is 0 Å². The normalized spacial score (nSPS) is 19.8. The molecule has 3 heteroatoms. The van der Waals surface area contributed by atoms with E-state index < -0.39 is 0 Å². The van der Waals surface area contributed by atoms with Crippen molar-refractivity contribution in [2.45, 2.75) is 6.92 Å². The molecule has 0 aromatic carbocycles. The van der Waals surface area contributed by atoms with E-state index in [1.807, 2.05) is 11.8 Å². The van der Waals surface area contributed by atoms with Gasteiger partial charge in [0.1, 0.15) is 0 Å². The average Bonchev–Trinajstić information content (AvgIpc) is 1.88. The van der Waals surface area contributed by atoms with Gasteiger partial charge in [-0.1, -0.05) is 0 Å². The Kier molecular flexibility index (Phi) is 3.08. The van der Waals surface area contributed by atoms with Crippen LogP contribution in [0.3, 0.4) is 0 Å². The summed E-state index contributed by atoms with van der Waals surface area (Å²) in [5.74, 6) is 0. The SMILES string of the molecule is CC1=C[I-]C=C(CN)S1. The van der Waals surface area contributed by atoms with Crippen molar-refractivity contribution in [3.63, 3.8) is 0 Å². The summed E-state index contributed by atoms with van der Waals surface area (Å²) >= 11 is 2.01. The maximum absolute atomic E-state index is 5.47. The third-order valence-corrected chi connectivity index (χ3v) is 5.13. The van der Waals surface area contributed by atoms with Gasteiger partial charge in [0.25, 0.3) is 0 Å². The van der Waals surface area contributed by atoms with E-state index in [2.05, 4.69) is 15.1 Å². The molecule has 0 aromatic rings. The summed E-state index contributed by atoms with van der Waals surface area (Å²) in [6.45, 7) is 2.86. The van der Waals surface area contributed by atoms with Crippen LogP contribution in [0.4, 0.5) is 0 Å². The molecule has 52 valence electrons. The predicted molar refractivity (Wildman–Crippen MR) is 38.5 cm³/mol. The molecule has 0 saturated heterocycles. The van der Waals surface area contributed by atoms with Gasteiger partial charge >= 0.3 is 70.1 Å². The van der Waals surface area contributed by atoms with Crippen LogP contribution in [0.5, 0.6) is 0 Å². The van der Waals surface area contributed by atoms with Crippen LogP contribution in [0.1, 0.15) is 6.92 Å². The third kappa shape index (κ3) is 2.31. The van der Waals surface area contributed by atoms with Crippen molar-refractivity contribution in [2.75, 3.05) is 6.54 Å². The summed E-state index contributed by atoms with van der Waals surface area (Å²) < 4.78 is 4.61. The number of rotatable bonds is 1. The summed E-state index contributed by atoms with van der Waals surface area (Å²) in [6, 6.07) is 0. The Labute approximate surface area is 70.0 Å². The van der Waals surface area contributed by atoms with E-state index >= 15 is 0 Å². The molecule has 1 heterocycles. The molecule has 0 amide bonds. The van der Waals surface area contributed by atoms with Crippen LogP contribution in [0.2, 0.25) is 0 Å². The van der Waals surface area contributed by atoms with Crippen LogP contribution in [0, 0.1) is 0 Å². The molecule has 1 aliphatic rings. The summed E-state index contributed by atoms with van der Waals surface area (Å²) in [7, 11) is 0. The van der Waals surface area contributed by atoms with Crippen LogP contribution in [0.25, 0.3) is 0 Å². The standard InChI is InChI=1S/C6H9INS/c1-5-2-7-3-6(4-8)9-5/h2-3H,4,8H2,1H3/q-1. The van der Waals surface area contributed by atoms with E-state index in [1.54, 1.807) is 0 Å². The number of hydrogen-bond donors (Lipinski definition) is 1. The van der Waals surface area contributed by atoms with Crippen LogP contribution in [-0.2, 0) is 0 Å². The Balaban J connectivity index is 2.51. The molecule has 1 nitrogen and oxygen atoms in total. The second kappa shape index (κ2) is 3.63. The second-order valence-electron chi connectivity index (χ2n) is 1.73. The minimum atomic E-state index is 0.203. The Morgan fingerprint density at radius 3 is 2.89 bits per heavy atom. The zero-order valence-electron chi connectivity index (χ0n) is 5.23. The van der Waals surface area contributed by atoms with Gasteiger partial charge in [-0.3, -0.25) is 0 Å². The first-order valence-corrected chi connectivity index (χ1v) is 5.99. The molecule has 0 aliphatic carbocycles. The van der Waals surface area contributed by atoms with E-state index in [-0.39, 0.29) is 21.2 Å². The van der Waals surface area contributed by atoms with E-state index in [9.17, 15) is 0 Å². The van der Waals surface area contributed by atoms with Crippen molar-refractivity contribution in [3.05, 3.63) is 18.0 Å². The van der Waals surface area contributed by atoms with Crippen molar-refractivity contribution in [2.24, 2.45) is 5.73 Å². The average molecular weight is 254 g/mol. The molecule has 1 aliphatic heterocycles. The van der Waals surface area contributed by atoms with Gasteiger partial charge in [-0.2, -0.15) is 0 Å². The summed E-state index contributed by atoms with van der Waals surface area (Å²) in [6.07, 6.45) is 0. The van der Waals surface area contributed by atoms with Gasteiger partial charge in [-0.15, -0.1) is 0 Å². The Morgan fingerprint density at radius 1 is 1.67 bits per heavy atom. The molecular formula is C6H9INS-. The van der Waals surface area contributed by atoms with E-state index in [0.29, 0.717) is 0 Å². The van der Waals surface area contributed by atoms with Crippen LogP contribution < -0.4 is 26.9 Å². The van der Waals surface area contributed by atoms with Gasteiger partial charge in [-0.05, 0) is 0 Å². The fraction of sp³-hybridized carbons (Fsp3) is 0.333. The first-order chi connectivity index (χ1) is 4.33. The fourth-order valence-electron chi connectivity index (χ4n) is 0.528. The molecular weight excluding hydrogens is 245 g/mol. The monoisotopic (exact) mass is 254 g/mol. The molecule has 2 N–H and O–H groups in total. The molecule has 0 radical (unpaired) electrons. The van der Waals surface area contributed by atoms with Gasteiger partial charge in [0.05, 0.1) is 0 Å². The van der Waals surface area contributed by atoms with E-state index in [1.165, 1.54) is 9.81 Å². The van der Waals surface area contributed by atoms with Crippen molar-refractivity contribution < 1.29 is 21.2 Å². The van der Waals surface area contributed by atoms with Crippen molar-refractivity contribution in [1.82, 2.24) is 0 Å². The quantitative estimate of drug-likeness (QED) is 0.575. The number of halogens is 1. The third-order valence-electron chi connectivity index (χ3n) is 0.895. The zero-order chi connectivity index (χ0) is 6.69. The van der Waals surface area contributed by atoms with Crippen molar-refractivity contribution >= 4 is 11.8 Å². The molecule has 0 saturated carbocycles. The molecule has 0 aromatic heterocycles. The van der Waals surface area contributed by atoms with Crippen molar-refractivity contribution in [1.29, 1.82) is 0 Å². The Morgan fingerprint density at radius 2 is 2.44 bits per heavy atom. The van der Waals surface area contributed by atoms with Crippen LogP contribution >= 0.6 is 11.8 Å². The first-order valence-electron chi connectivity index (χ1n) is 2.68. The molecule has 0 fully saturated rings. The number of hydrogen-bond acceptors (Lipinski definition) is 2. The molecule has 0 atom stereocenters. The number of nitrogens with two attached hydrogens (primary N) is 1. The van der Waals surface area contributed by atoms with Crippen LogP contribution in [-0.4, -0.2) is 6.54 Å². The molecule has 0 spiro atoms. The molecule has 0 unspecified atom stereocenters. The summed E-state index contributed by atoms with van der Waals surface area (Å²) in [5, 5.41) is 0. The Hall–Kier alpha value is 0.520. The topological polar surface area (TPSA) is 26.0 Å². The molecule has 0 bridgehead atoms. The zero-order valence-corrected chi connectivity index (χ0v) is 8.20. The summed E-state index contributed by atoms with van der Waals surface area (Å²) in [4.78, 5) is 2.77. The first kappa shape index (κ1) is 7.63. The molecule has 1 rings (SSSR count). The second-order valence-corrected chi connectivity index (χ2v) is 5.06. The summed E-state index contributed by atoms with van der Waals surface area (Å²) in [5.41, 5.74) is 5.47. The van der Waals surface area contributed by atoms with Crippen molar-refractivity contribution in [3.8, 4) is 0 Å². The van der Waals surface area contributed by atoms with Crippen LogP contribution in [0.15, 0.2) is 18.0 Å². The minimum absolute atomic E-state index is 0.203. The molecule has 9 heavy (non-hydrogen) atoms. The predicted octanol–water partition coefficient (Wildman–Crippen LogP) is -1.52. The Bertz CT molecular complexity index is 162. The number of allylic oxidation sites excluding steroid dienone is 1. The van der Waals surface area contributed by atoms with E-state index in [4.69, 9.17) is 5.73 Å². The van der Waals surface area contributed by atoms with E-state index in [0.717, 1.165) is 6.54 Å². The van der Waals surface area contributed by atoms with Gasteiger partial charge in [0.15, 0.2) is 0 Å². The van der Waals surface area contributed by atoms with Gasteiger partial charge in [0.2, 0.25) is 0 Å².